The molecular weight excluding hydrogens is 234 g/mol. The van der Waals surface area contributed by atoms with Crippen molar-refractivity contribution >= 4 is 11.9 Å². The van der Waals surface area contributed by atoms with Gasteiger partial charge in [0, 0.05) is 19.2 Å². The van der Waals surface area contributed by atoms with Crippen LogP contribution in [-0.4, -0.2) is 29.1 Å². The van der Waals surface area contributed by atoms with E-state index in [0.29, 0.717) is 12.5 Å². The van der Waals surface area contributed by atoms with Gasteiger partial charge in [-0.15, -0.1) is 0 Å². The highest BCUT2D eigenvalue weighted by atomic mass is 16.5. The number of aryl methyl sites for hydroxylation is 1. The lowest BCUT2D eigenvalue weighted by Gasteiger charge is -2.16. The molecule has 0 amide bonds. The van der Waals surface area contributed by atoms with Gasteiger partial charge in [0.2, 0.25) is 11.9 Å². The molecule has 2 N–H and O–H groups in total. The van der Waals surface area contributed by atoms with Gasteiger partial charge in [-0.25, -0.2) is 0 Å². The Labute approximate surface area is 105 Å². The Morgan fingerprint density at radius 3 is 2.78 bits per heavy atom. The van der Waals surface area contributed by atoms with Gasteiger partial charge in [0.25, 0.3) is 0 Å². The number of anilines is 2. The first-order valence-electron chi connectivity index (χ1n) is 5.40. The third-order valence-corrected chi connectivity index (χ3v) is 2.52. The second-order valence-corrected chi connectivity index (χ2v) is 3.84. The van der Waals surface area contributed by atoms with Crippen LogP contribution in [0.2, 0.25) is 0 Å². The summed E-state index contributed by atoms with van der Waals surface area (Å²) in [5.74, 6) is 1.46. The van der Waals surface area contributed by atoms with Crippen LogP contribution in [0.1, 0.15) is 11.3 Å². The van der Waals surface area contributed by atoms with Gasteiger partial charge < -0.3 is 19.8 Å². The largest absolute Gasteiger partial charge is 0.469 e. The van der Waals surface area contributed by atoms with Crippen LogP contribution in [0.5, 0.6) is 6.01 Å². The Hall–Kier alpha value is -2.31. The summed E-state index contributed by atoms with van der Waals surface area (Å²) in [6.45, 7) is 2.53. The number of methoxy groups -OCH3 is 1. The van der Waals surface area contributed by atoms with Crippen LogP contribution in [0.15, 0.2) is 16.7 Å². The van der Waals surface area contributed by atoms with E-state index in [1.165, 1.54) is 7.11 Å². The fourth-order valence-corrected chi connectivity index (χ4v) is 1.52. The highest BCUT2D eigenvalue weighted by molar-refractivity contribution is 5.36. The molecule has 18 heavy (non-hydrogen) atoms. The van der Waals surface area contributed by atoms with Crippen molar-refractivity contribution in [3.63, 3.8) is 0 Å². The highest BCUT2D eigenvalue weighted by Crippen LogP contribution is 2.16. The zero-order valence-electron chi connectivity index (χ0n) is 10.5. The number of nitrogens with two attached hydrogens (primary N) is 1. The molecule has 2 aromatic heterocycles. The van der Waals surface area contributed by atoms with Gasteiger partial charge in [-0.3, -0.25) is 0 Å². The number of nitrogens with zero attached hydrogens (tertiary/aromatic N) is 4. The SMILES string of the molecule is COc1nc(N)nc(N(C)Cc2ccoc2C)n1. The van der Waals surface area contributed by atoms with Gasteiger partial charge in [-0.1, -0.05) is 0 Å². The summed E-state index contributed by atoms with van der Waals surface area (Å²) in [7, 11) is 3.35. The maximum Gasteiger partial charge on any atom is 0.322 e. The number of rotatable bonds is 4. The van der Waals surface area contributed by atoms with Crippen LogP contribution >= 0.6 is 0 Å². The predicted octanol–water partition coefficient (Wildman–Crippen LogP) is 1.00. The third-order valence-electron chi connectivity index (χ3n) is 2.52. The van der Waals surface area contributed by atoms with Crippen LogP contribution in [0.3, 0.4) is 0 Å². The lowest BCUT2D eigenvalue weighted by atomic mass is 10.2. The molecule has 96 valence electrons. The first kappa shape index (κ1) is 12.2. The second-order valence-electron chi connectivity index (χ2n) is 3.84. The summed E-state index contributed by atoms with van der Waals surface area (Å²) >= 11 is 0. The van der Waals surface area contributed by atoms with Crippen LogP contribution < -0.4 is 15.4 Å². The maximum absolute atomic E-state index is 5.59. The molecule has 0 bridgehead atoms. The average molecular weight is 249 g/mol. The van der Waals surface area contributed by atoms with E-state index in [9.17, 15) is 0 Å². The van der Waals surface area contributed by atoms with Crippen molar-refractivity contribution in [2.24, 2.45) is 0 Å². The van der Waals surface area contributed by atoms with E-state index in [2.05, 4.69) is 15.0 Å². The summed E-state index contributed by atoms with van der Waals surface area (Å²) in [6, 6.07) is 2.11. The molecule has 0 aromatic carbocycles. The summed E-state index contributed by atoms with van der Waals surface area (Å²) in [5, 5.41) is 0. The molecule has 0 aliphatic carbocycles. The number of aromatic nitrogens is 3. The smallest absolute Gasteiger partial charge is 0.322 e. The predicted molar refractivity (Wildman–Crippen MR) is 66.3 cm³/mol. The Balaban J connectivity index is 2.20. The van der Waals surface area contributed by atoms with Gasteiger partial charge in [-0.2, -0.15) is 15.0 Å². The number of hydrogen-bond acceptors (Lipinski definition) is 7. The standard InChI is InChI=1S/C11H15N5O2/c1-7-8(4-5-18-7)6-16(2)10-13-9(12)14-11(15-10)17-3/h4-5H,6H2,1-3H3,(H2,12,13,14,15). The molecule has 0 saturated carbocycles. The molecule has 0 fully saturated rings. The average Bonchev–Trinajstić information content (AvgIpc) is 2.74. The number of nitrogen functional groups attached to an aromatic ring is 1. The van der Waals surface area contributed by atoms with Crippen LogP contribution in [0, 0.1) is 6.92 Å². The van der Waals surface area contributed by atoms with Crippen molar-refractivity contribution in [3.8, 4) is 6.01 Å². The molecule has 0 aliphatic rings. The van der Waals surface area contributed by atoms with Crippen molar-refractivity contribution in [2.75, 3.05) is 24.8 Å². The normalized spacial score (nSPS) is 10.4. The van der Waals surface area contributed by atoms with Crippen LogP contribution in [-0.2, 0) is 6.54 Å². The van der Waals surface area contributed by atoms with E-state index in [-0.39, 0.29) is 12.0 Å². The zero-order valence-corrected chi connectivity index (χ0v) is 10.5. The molecule has 2 aromatic rings. The van der Waals surface area contributed by atoms with E-state index in [4.69, 9.17) is 14.9 Å². The Morgan fingerprint density at radius 1 is 1.39 bits per heavy atom. The molecule has 7 heteroatoms. The molecule has 0 unspecified atom stereocenters. The number of furan rings is 1. The minimum Gasteiger partial charge on any atom is -0.469 e. The lowest BCUT2D eigenvalue weighted by molar-refractivity contribution is 0.379. The third kappa shape index (κ3) is 2.50. The summed E-state index contributed by atoms with van der Waals surface area (Å²) in [4.78, 5) is 13.9. The molecule has 2 heterocycles. The zero-order chi connectivity index (χ0) is 13.1. The first-order chi connectivity index (χ1) is 8.60. The Bertz CT molecular complexity index is 540. The van der Waals surface area contributed by atoms with Crippen LogP contribution in [0.25, 0.3) is 0 Å². The molecule has 0 radical (unpaired) electrons. The Kier molecular flexibility index (Phi) is 3.31. The Morgan fingerprint density at radius 2 is 2.17 bits per heavy atom. The van der Waals surface area contributed by atoms with Crippen molar-refractivity contribution in [3.05, 3.63) is 23.7 Å². The molecular formula is C11H15N5O2. The van der Waals surface area contributed by atoms with Crippen molar-refractivity contribution in [1.82, 2.24) is 15.0 Å². The van der Waals surface area contributed by atoms with E-state index in [1.54, 1.807) is 6.26 Å². The van der Waals surface area contributed by atoms with Gasteiger partial charge in [0.15, 0.2) is 0 Å². The molecule has 0 saturated heterocycles. The molecule has 7 nitrogen and oxygen atoms in total. The van der Waals surface area contributed by atoms with Crippen molar-refractivity contribution in [2.45, 2.75) is 13.5 Å². The summed E-state index contributed by atoms with van der Waals surface area (Å²) < 4.78 is 10.2. The maximum atomic E-state index is 5.59. The minimum atomic E-state index is 0.132. The molecule has 0 spiro atoms. The number of ether oxygens (including phenoxy) is 1. The van der Waals surface area contributed by atoms with E-state index >= 15 is 0 Å². The highest BCUT2D eigenvalue weighted by Gasteiger charge is 2.11. The molecule has 0 aliphatic heterocycles. The van der Waals surface area contributed by atoms with Gasteiger partial charge in [0.05, 0.1) is 13.4 Å². The van der Waals surface area contributed by atoms with Gasteiger partial charge in [-0.05, 0) is 13.0 Å². The van der Waals surface area contributed by atoms with E-state index in [1.807, 2.05) is 24.9 Å². The van der Waals surface area contributed by atoms with Gasteiger partial charge in [0.1, 0.15) is 5.76 Å². The van der Waals surface area contributed by atoms with E-state index < -0.39 is 0 Å². The fraction of sp³-hybridized carbons (Fsp3) is 0.364. The topological polar surface area (TPSA) is 90.3 Å². The van der Waals surface area contributed by atoms with Gasteiger partial charge >= 0.3 is 6.01 Å². The van der Waals surface area contributed by atoms with Crippen molar-refractivity contribution < 1.29 is 9.15 Å². The van der Waals surface area contributed by atoms with Crippen molar-refractivity contribution in [1.29, 1.82) is 0 Å². The summed E-state index contributed by atoms with van der Waals surface area (Å²) in [5.41, 5.74) is 6.65. The first-order valence-corrected chi connectivity index (χ1v) is 5.40. The molecule has 2 rings (SSSR count). The number of hydrogen-bond donors (Lipinski definition) is 1. The monoisotopic (exact) mass is 249 g/mol. The van der Waals surface area contributed by atoms with E-state index in [0.717, 1.165) is 11.3 Å². The van der Waals surface area contributed by atoms with Crippen LogP contribution in [0.4, 0.5) is 11.9 Å². The lowest BCUT2D eigenvalue weighted by Crippen LogP contribution is -2.20. The quantitative estimate of drug-likeness (QED) is 0.864. The second kappa shape index (κ2) is 4.91. The fourth-order valence-electron chi connectivity index (χ4n) is 1.52. The molecule has 0 atom stereocenters. The minimum absolute atomic E-state index is 0.132. The summed E-state index contributed by atoms with van der Waals surface area (Å²) in [6.07, 6.45) is 1.65.